The molecule has 0 aromatic heterocycles. The Kier molecular flexibility index (Phi) is 3.03. The van der Waals surface area contributed by atoms with Crippen molar-refractivity contribution in [2.45, 2.75) is 50.5 Å². The van der Waals surface area contributed by atoms with Gasteiger partial charge in [-0.15, -0.1) is 0 Å². The van der Waals surface area contributed by atoms with E-state index in [1.54, 1.807) is 7.11 Å². The van der Waals surface area contributed by atoms with Crippen molar-refractivity contribution in [1.29, 1.82) is 0 Å². The number of halogens is 1. The van der Waals surface area contributed by atoms with Crippen molar-refractivity contribution < 1.29 is 9.84 Å². The molecule has 0 unspecified atom stereocenters. The second-order valence-corrected chi connectivity index (χ2v) is 6.02. The fraction of sp³-hybridized carbons (Fsp3) is 0.600. The summed E-state index contributed by atoms with van der Waals surface area (Å²) in [6.07, 6.45) is 7.15. The van der Waals surface area contributed by atoms with E-state index in [9.17, 15) is 5.11 Å². The van der Waals surface area contributed by atoms with Crippen LogP contribution in [0.4, 0.5) is 0 Å². The van der Waals surface area contributed by atoms with E-state index in [4.69, 9.17) is 16.3 Å². The Hall–Kier alpha value is -0.730. The molecule has 98 valence electrons. The van der Waals surface area contributed by atoms with Crippen molar-refractivity contribution in [1.82, 2.24) is 0 Å². The van der Waals surface area contributed by atoms with Crippen LogP contribution in [0.2, 0.25) is 5.02 Å². The van der Waals surface area contributed by atoms with Gasteiger partial charge >= 0.3 is 0 Å². The van der Waals surface area contributed by atoms with Crippen molar-refractivity contribution in [2.75, 3.05) is 7.11 Å². The molecule has 0 radical (unpaired) electrons. The van der Waals surface area contributed by atoms with E-state index in [0.29, 0.717) is 11.4 Å². The minimum Gasteiger partial charge on any atom is -0.495 e. The second-order valence-electron chi connectivity index (χ2n) is 5.62. The Morgan fingerprint density at radius 1 is 1.33 bits per heavy atom. The molecule has 18 heavy (non-hydrogen) atoms. The van der Waals surface area contributed by atoms with Gasteiger partial charge in [0.15, 0.2) is 0 Å². The zero-order valence-electron chi connectivity index (χ0n) is 10.8. The molecule has 0 aliphatic heterocycles. The van der Waals surface area contributed by atoms with E-state index in [1.807, 2.05) is 0 Å². The zero-order valence-corrected chi connectivity index (χ0v) is 11.5. The molecule has 3 rings (SSSR count). The predicted octanol–water partition coefficient (Wildman–Crippen LogP) is 3.29. The molecular formula is C15H19ClO2. The molecular weight excluding hydrogens is 248 g/mol. The van der Waals surface area contributed by atoms with Crippen LogP contribution in [-0.4, -0.2) is 17.8 Å². The molecule has 0 amide bonds. The predicted molar refractivity (Wildman–Crippen MR) is 72.5 cm³/mol. The smallest absolute Gasteiger partial charge is 0.141 e. The number of aryl methyl sites for hydroxylation is 1. The van der Waals surface area contributed by atoms with Crippen LogP contribution in [0.1, 0.15) is 42.4 Å². The third-order valence-electron chi connectivity index (χ3n) is 4.20. The van der Waals surface area contributed by atoms with E-state index in [2.05, 4.69) is 6.07 Å². The van der Waals surface area contributed by atoms with E-state index in [0.717, 1.165) is 37.0 Å². The molecule has 2 aliphatic carbocycles. The van der Waals surface area contributed by atoms with Crippen molar-refractivity contribution in [3.63, 3.8) is 0 Å². The van der Waals surface area contributed by atoms with E-state index >= 15 is 0 Å². The van der Waals surface area contributed by atoms with Crippen LogP contribution in [0, 0.1) is 0 Å². The zero-order chi connectivity index (χ0) is 12.8. The highest BCUT2D eigenvalue weighted by atomic mass is 35.5. The lowest BCUT2D eigenvalue weighted by Crippen LogP contribution is -2.16. The lowest BCUT2D eigenvalue weighted by atomic mass is 9.85. The topological polar surface area (TPSA) is 29.5 Å². The van der Waals surface area contributed by atoms with Gasteiger partial charge in [0, 0.05) is 12.0 Å². The molecule has 1 fully saturated rings. The first-order valence-electron chi connectivity index (χ1n) is 6.72. The first-order chi connectivity index (χ1) is 8.63. The van der Waals surface area contributed by atoms with Crippen LogP contribution < -0.4 is 4.74 Å². The van der Waals surface area contributed by atoms with Gasteiger partial charge in [0.05, 0.1) is 17.7 Å². The first-order valence-corrected chi connectivity index (χ1v) is 7.10. The number of rotatable bonds is 3. The molecule has 2 aliphatic rings. The summed E-state index contributed by atoms with van der Waals surface area (Å²) in [7, 11) is 1.66. The quantitative estimate of drug-likeness (QED) is 0.910. The summed E-state index contributed by atoms with van der Waals surface area (Å²) in [4.78, 5) is 0. The van der Waals surface area contributed by atoms with Crippen molar-refractivity contribution in [3.05, 3.63) is 27.8 Å². The van der Waals surface area contributed by atoms with Gasteiger partial charge in [-0.3, -0.25) is 0 Å². The Morgan fingerprint density at radius 2 is 2.06 bits per heavy atom. The summed E-state index contributed by atoms with van der Waals surface area (Å²) in [6.45, 7) is 0. The molecule has 3 heteroatoms. The second kappa shape index (κ2) is 4.43. The standard InChI is InChI=1S/C15H19ClO2/c1-18-14-12(9-15(17)6-7-15)11-5-3-2-4-10(11)8-13(14)16/h8,17H,2-7,9H2,1H3. The van der Waals surface area contributed by atoms with Crippen LogP contribution in [0.25, 0.3) is 0 Å². The van der Waals surface area contributed by atoms with Gasteiger partial charge in [0.1, 0.15) is 5.75 Å². The van der Waals surface area contributed by atoms with Gasteiger partial charge in [-0.25, -0.2) is 0 Å². The fourth-order valence-corrected chi connectivity index (χ4v) is 3.31. The molecule has 0 atom stereocenters. The lowest BCUT2D eigenvalue weighted by molar-refractivity contribution is 0.149. The fourth-order valence-electron chi connectivity index (χ4n) is 2.99. The van der Waals surface area contributed by atoms with Crippen molar-refractivity contribution in [2.24, 2.45) is 0 Å². The minimum absolute atomic E-state index is 0.497. The molecule has 1 aromatic carbocycles. The van der Waals surface area contributed by atoms with Crippen molar-refractivity contribution in [3.8, 4) is 5.75 Å². The normalized spacial score (nSPS) is 20.4. The Morgan fingerprint density at radius 3 is 2.72 bits per heavy atom. The minimum atomic E-state index is -0.497. The van der Waals surface area contributed by atoms with Gasteiger partial charge in [0.25, 0.3) is 0 Å². The SMILES string of the molecule is COc1c(Cl)cc2c(c1CC1(O)CC1)CCCC2. The highest BCUT2D eigenvalue weighted by Crippen LogP contribution is 2.44. The molecule has 2 nitrogen and oxygen atoms in total. The third kappa shape index (κ3) is 2.12. The Labute approximate surface area is 113 Å². The highest BCUT2D eigenvalue weighted by Gasteiger charge is 2.42. The maximum Gasteiger partial charge on any atom is 0.141 e. The van der Waals surface area contributed by atoms with Crippen LogP contribution >= 0.6 is 11.6 Å². The van der Waals surface area contributed by atoms with Crippen molar-refractivity contribution >= 4 is 11.6 Å². The monoisotopic (exact) mass is 266 g/mol. The van der Waals surface area contributed by atoms with Gasteiger partial charge in [0.2, 0.25) is 0 Å². The molecule has 0 spiro atoms. The maximum absolute atomic E-state index is 10.2. The first kappa shape index (κ1) is 12.3. The number of benzene rings is 1. The molecule has 1 N–H and O–H groups in total. The summed E-state index contributed by atoms with van der Waals surface area (Å²) < 4.78 is 5.47. The summed E-state index contributed by atoms with van der Waals surface area (Å²) in [5.41, 5.74) is 3.39. The van der Waals surface area contributed by atoms with Crippen LogP contribution in [0.3, 0.4) is 0 Å². The molecule has 1 saturated carbocycles. The van der Waals surface area contributed by atoms with E-state index < -0.39 is 5.60 Å². The van der Waals surface area contributed by atoms with Crippen LogP contribution in [-0.2, 0) is 19.3 Å². The lowest BCUT2D eigenvalue weighted by Gasteiger charge is -2.24. The summed E-state index contributed by atoms with van der Waals surface area (Å²) in [5, 5.41) is 10.9. The number of ether oxygens (including phenoxy) is 1. The van der Waals surface area contributed by atoms with Gasteiger partial charge < -0.3 is 9.84 Å². The highest BCUT2D eigenvalue weighted by molar-refractivity contribution is 6.32. The van der Waals surface area contributed by atoms with Gasteiger partial charge in [-0.05, 0) is 55.7 Å². The summed E-state index contributed by atoms with van der Waals surface area (Å²) >= 11 is 6.31. The number of hydrogen-bond acceptors (Lipinski definition) is 2. The summed E-state index contributed by atoms with van der Waals surface area (Å²) in [6, 6.07) is 2.05. The number of methoxy groups -OCH3 is 1. The van der Waals surface area contributed by atoms with Crippen LogP contribution in [0.15, 0.2) is 6.07 Å². The number of fused-ring (bicyclic) bond motifs is 1. The Bertz CT molecular complexity index is 478. The number of hydrogen-bond donors (Lipinski definition) is 1. The summed E-state index contributed by atoms with van der Waals surface area (Å²) in [5.74, 6) is 0.776. The largest absolute Gasteiger partial charge is 0.495 e. The van der Waals surface area contributed by atoms with E-state index in [-0.39, 0.29) is 0 Å². The molecule has 1 aromatic rings. The average molecular weight is 267 g/mol. The van der Waals surface area contributed by atoms with Crippen LogP contribution in [0.5, 0.6) is 5.75 Å². The number of aliphatic hydroxyl groups is 1. The van der Waals surface area contributed by atoms with Gasteiger partial charge in [-0.1, -0.05) is 11.6 Å². The third-order valence-corrected chi connectivity index (χ3v) is 4.48. The molecule has 0 saturated heterocycles. The molecule has 0 bridgehead atoms. The average Bonchev–Trinajstić information content (AvgIpc) is 3.07. The molecule has 0 heterocycles. The Balaban J connectivity index is 2.08. The van der Waals surface area contributed by atoms with E-state index in [1.165, 1.54) is 24.0 Å². The maximum atomic E-state index is 10.2. The van der Waals surface area contributed by atoms with Gasteiger partial charge in [-0.2, -0.15) is 0 Å².